The summed E-state index contributed by atoms with van der Waals surface area (Å²) in [6, 6.07) is 19.8. The number of carboxylic acids is 1. The van der Waals surface area contributed by atoms with Crippen LogP contribution >= 0.6 is 23.2 Å². The van der Waals surface area contributed by atoms with E-state index >= 15 is 0 Å². The Morgan fingerprint density at radius 1 is 0.930 bits per heavy atom. The second-order valence-electron chi connectivity index (χ2n) is 14.2. The summed E-state index contributed by atoms with van der Waals surface area (Å²) < 4.78 is 19.5. The molecule has 16 heteroatoms. The zero-order valence-corrected chi connectivity index (χ0v) is 32.7. The van der Waals surface area contributed by atoms with Gasteiger partial charge in [-0.05, 0) is 74.0 Å². The number of rotatable bonds is 10. The van der Waals surface area contributed by atoms with Crippen LogP contribution in [0.3, 0.4) is 0 Å². The molecule has 1 fully saturated rings. The number of aromatic carboxylic acids is 1. The van der Waals surface area contributed by atoms with Crippen molar-refractivity contribution in [3.8, 4) is 39.6 Å². The highest BCUT2D eigenvalue weighted by molar-refractivity contribution is 6.34. The fraction of sp³-hybridized carbons (Fsp3) is 0.244. The van der Waals surface area contributed by atoms with Crippen LogP contribution in [0.5, 0.6) is 11.5 Å². The number of carbonyl (C=O) groups excluding carboxylic acids is 3. The van der Waals surface area contributed by atoms with Crippen LogP contribution in [0.4, 0.5) is 17.1 Å². The maximum absolute atomic E-state index is 14.3. The summed E-state index contributed by atoms with van der Waals surface area (Å²) in [5.41, 5.74) is 9.95. The molecule has 0 radical (unpaired) electrons. The van der Waals surface area contributed by atoms with Crippen molar-refractivity contribution >= 4 is 64.0 Å². The third-order valence-electron chi connectivity index (χ3n) is 9.62. The minimum absolute atomic E-state index is 0.0628. The highest BCUT2D eigenvalue weighted by Crippen LogP contribution is 2.47. The number of halogens is 2. The van der Waals surface area contributed by atoms with E-state index in [1.165, 1.54) is 18.2 Å². The Hall–Kier alpha value is -6.09. The third-order valence-corrected chi connectivity index (χ3v) is 10.1. The highest BCUT2D eigenvalue weighted by Gasteiger charge is 2.39. The van der Waals surface area contributed by atoms with Gasteiger partial charge in [-0.25, -0.2) is 9.48 Å². The molecule has 2 aliphatic rings. The van der Waals surface area contributed by atoms with E-state index < -0.39 is 23.3 Å². The lowest BCUT2D eigenvalue weighted by atomic mass is 9.95. The number of anilines is 3. The first-order valence-electron chi connectivity index (χ1n) is 17.9. The number of fused-ring (bicyclic) bond motifs is 3. The molecule has 4 aromatic carbocycles. The lowest BCUT2D eigenvalue weighted by Crippen LogP contribution is -2.55. The molecule has 294 valence electrons. The molecule has 57 heavy (non-hydrogen) atoms. The summed E-state index contributed by atoms with van der Waals surface area (Å²) in [7, 11) is 1.54. The molecule has 2 aliphatic heterocycles. The molecular weight excluding hydrogens is 775 g/mol. The number of methoxy groups -OCH3 is 1. The summed E-state index contributed by atoms with van der Waals surface area (Å²) in [5.74, 6) is -1.35. The van der Waals surface area contributed by atoms with Crippen molar-refractivity contribution in [1.82, 2.24) is 14.7 Å². The number of amides is 3. The number of nitrogen functional groups attached to an aromatic ring is 1. The standard InChI is InChI=1S/C41H38Cl2N6O8/c1-41(2)21-56-10-9-48(41)39(52)37-32-20-57-34-19-33(55-3)30(18-31(34)38(32)49(47-37)29-15-24(42)14-25(43)16-29)22-5-4-6-27(12-22)45-35(50)7-8-36(51)46-28-13-23(40(53)54)11-26(44)17-28/h4-6,11-19H,7-10,20-21,44H2,1-3H3,(H,45,50)(H,46,51)(H,53,54). The fourth-order valence-electron chi connectivity index (χ4n) is 6.94. The molecule has 7 rings (SSSR count). The van der Waals surface area contributed by atoms with E-state index in [2.05, 4.69) is 10.6 Å². The van der Waals surface area contributed by atoms with Crippen LogP contribution in [-0.4, -0.2) is 75.9 Å². The number of nitrogens with one attached hydrogen (secondary N) is 2. The van der Waals surface area contributed by atoms with Gasteiger partial charge in [0.15, 0.2) is 5.69 Å². The van der Waals surface area contributed by atoms with Gasteiger partial charge in [0.2, 0.25) is 11.8 Å². The number of carboxylic acid groups (broad SMARTS) is 1. The topological polar surface area (TPSA) is 187 Å². The van der Waals surface area contributed by atoms with Crippen molar-refractivity contribution in [2.45, 2.75) is 38.8 Å². The van der Waals surface area contributed by atoms with Crippen LogP contribution in [0.15, 0.2) is 72.8 Å². The first-order valence-corrected chi connectivity index (χ1v) is 18.6. The first-order chi connectivity index (χ1) is 27.2. The van der Waals surface area contributed by atoms with Crippen molar-refractivity contribution in [2.24, 2.45) is 0 Å². The normalized spacial score (nSPS) is 14.2. The SMILES string of the molecule is COc1cc2c(cc1-c1cccc(NC(=O)CCC(=O)Nc3cc(N)cc(C(=O)O)c3)c1)-c1c(c(C(=O)N3CCOCC3(C)C)nn1-c1cc(Cl)cc(Cl)c1)CO2. The molecule has 0 aliphatic carbocycles. The van der Waals surface area contributed by atoms with Gasteiger partial charge >= 0.3 is 5.97 Å². The van der Waals surface area contributed by atoms with Gasteiger partial charge in [0.1, 0.15) is 18.1 Å². The average Bonchev–Trinajstić information content (AvgIpc) is 3.56. The summed E-state index contributed by atoms with van der Waals surface area (Å²) in [6.07, 6.45) is -0.310. The van der Waals surface area contributed by atoms with E-state index in [-0.39, 0.29) is 48.0 Å². The molecule has 1 aromatic heterocycles. The van der Waals surface area contributed by atoms with Gasteiger partial charge in [-0.2, -0.15) is 5.10 Å². The number of carbonyl (C=O) groups is 4. The Morgan fingerprint density at radius 2 is 1.65 bits per heavy atom. The van der Waals surface area contributed by atoms with Gasteiger partial charge in [-0.15, -0.1) is 0 Å². The van der Waals surface area contributed by atoms with E-state index in [1.54, 1.807) is 59.2 Å². The van der Waals surface area contributed by atoms with E-state index in [4.69, 9.17) is 48.2 Å². The number of nitrogens with two attached hydrogens (primary N) is 1. The van der Waals surface area contributed by atoms with Crippen molar-refractivity contribution in [2.75, 3.05) is 43.2 Å². The Balaban J connectivity index is 1.19. The second-order valence-corrected chi connectivity index (χ2v) is 15.1. The van der Waals surface area contributed by atoms with Crippen molar-refractivity contribution in [1.29, 1.82) is 0 Å². The van der Waals surface area contributed by atoms with Crippen LogP contribution in [0.2, 0.25) is 10.0 Å². The minimum Gasteiger partial charge on any atom is -0.496 e. The predicted octanol–water partition coefficient (Wildman–Crippen LogP) is 7.30. The van der Waals surface area contributed by atoms with Crippen molar-refractivity contribution in [3.05, 3.63) is 99.7 Å². The second kappa shape index (κ2) is 15.8. The molecule has 3 amide bonds. The van der Waals surface area contributed by atoms with E-state index in [9.17, 15) is 24.3 Å². The third kappa shape index (κ3) is 8.24. The van der Waals surface area contributed by atoms with Crippen LogP contribution < -0.4 is 25.8 Å². The Morgan fingerprint density at radius 3 is 2.33 bits per heavy atom. The smallest absolute Gasteiger partial charge is 0.335 e. The van der Waals surface area contributed by atoms with Gasteiger partial charge in [0.25, 0.3) is 5.91 Å². The summed E-state index contributed by atoms with van der Waals surface area (Å²) in [4.78, 5) is 53.0. The van der Waals surface area contributed by atoms with E-state index in [1.807, 2.05) is 26.0 Å². The number of nitrogens with zero attached hydrogens (tertiary/aromatic N) is 3. The molecule has 5 aromatic rings. The van der Waals surface area contributed by atoms with Crippen molar-refractivity contribution < 1.29 is 38.5 Å². The van der Waals surface area contributed by atoms with Crippen LogP contribution in [-0.2, 0) is 20.9 Å². The molecule has 1 saturated heterocycles. The van der Waals surface area contributed by atoms with Crippen LogP contribution in [0.1, 0.15) is 53.1 Å². The summed E-state index contributed by atoms with van der Waals surface area (Å²) >= 11 is 12.9. The Kier molecular flexibility index (Phi) is 10.9. The van der Waals surface area contributed by atoms with Gasteiger partial charge in [0, 0.05) is 69.3 Å². The van der Waals surface area contributed by atoms with Crippen molar-refractivity contribution in [3.63, 3.8) is 0 Å². The number of aromatic nitrogens is 2. The molecule has 0 atom stereocenters. The summed E-state index contributed by atoms with van der Waals surface area (Å²) in [5, 5.41) is 20.4. The van der Waals surface area contributed by atoms with E-state index in [0.717, 1.165) is 0 Å². The zero-order valence-electron chi connectivity index (χ0n) is 31.2. The predicted molar refractivity (Wildman–Crippen MR) is 216 cm³/mol. The molecule has 0 saturated carbocycles. The Bertz CT molecular complexity index is 2430. The lowest BCUT2D eigenvalue weighted by Gasteiger charge is -2.41. The van der Waals surface area contributed by atoms with Crippen LogP contribution in [0, 0.1) is 0 Å². The molecule has 3 heterocycles. The van der Waals surface area contributed by atoms with Gasteiger partial charge < -0.3 is 40.6 Å². The van der Waals surface area contributed by atoms with Gasteiger partial charge in [0.05, 0.1) is 42.8 Å². The highest BCUT2D eigenvalue weighted by atomic mass is 35.5. The molecule has 0 spiro atoms. The Labute approximate surface area is 337 Å². The minimum atomic E-state index is -1.19. The van der Waals surface area contributed by atoms with Gasteiger partial charge in [-0.1, -0.05) is 35.3 Å². The monoisotopic (exact) mass is 812 g/mol. The number of hydrogen-bond donors (Lipinski definition) is 4. The number of hydrogen-bond acceptors (Lipinski definition) is 9. The van der Waals surface area contributed by atoms with E-state index in [0.29, 0.717) is 80.6 Å². The molecule has 0 bridgehead atoms. The average molecular weight is 814 g/mol. The van der Waals surface area contributed by atoms with Gasteiger partial charge in [-0.3, -0.25) is 14.4 Å². The molecule has 5 N–H and O–H groups in total. The first kappa shape index (κ1) is 39.2. The largest absolute Gasteiger partial charge is 0.496 e. The maximum Gasteiger partial charge on any atom is 0.335 e. The molecule has 14 nitrogen and oxygen atoms in total. The number of benzene rings is 4. The fourth-order valence-corrected chi connectivity index (χ4v) is 7.46. The van der Waals surface area contributed by atoms with Crippen LogP contribution in [0.25, 0.3) is 28.1 Å². The lowest BCUT2D eigenvalue weighted by molar-refractivity contribution is -0.121. The molecule has 0 unspecified atom stereocenters. The summed E-state index contributed by atoms with van der Waals surface area (Å²) in [6.45, 7) is 5.14. The molecular formula is C41H38Cl2N6O8. The quantitative estimate of drug-likeness (QED) is 0.104. The number of ether oxygens (including phenoxy) is 3. The number of morpholine rings is 1. The maximum atomic E-state index is 14.3. The zero-order chi connectivity index (χ0) is 40.6.